The van der Waals surface area contributed by atoms with E-state index in [1.807, 2.05) is 32.2 Å². The van der Waals surface area contributed by atoms with Gasteiger partial charge in [0.2, 0.25) is 5.69 Å². The maximum atomic E-state index is 5.52. The van der Waals surface area contributed by atoms with Gasteiger partial charge in [0.15, 0.2) is 12.8 Å². The molecule has 0 aliphatic rings. The third kappa shape index (κ3) is 1.33. The first-order valence-electron chi connectivity index (χ1n) is 4.72. The van der Waals surface area contributed by atoms with E-state index in [1.165, 1.54) is 11.1 Å². The van der Waals surface area contributed by atoms with Crippen molar-refractivity contribution in [3.05, 3.63) is 41.8 Å². The average molecular weight is 188 g/mol. The summed E-state index contributed by atoms with van der Waals surface area (Å²) in [4.78, 5) is 0. The summed E-state index contributed by atoms with van der Waals surface area (Å²) in [6, 6.07) is 10.3. The van der Waals surface area contributed by atoms with Gasteiger partial charge in [-0.25, -0.2) is 4.52 Å². The molecule has 0 N–H and O–H groups in total. The zero-order valence-corrected chi connectivity index (χ0v) is 8.74. The normalized spacial score (nSPS) is 10.5. The molecule has 0 saturated carbocycles. The number of nitrogens with zero attached hydrogens (tertiary/aromatic N) is 1. The lowest BCUT2D eigenvalue weighted by atomic mass is 10.0. The van der Waals surface area contributed by atoms with Crippen molar-refractivity contribution in [2.24, 2.45) is 7.05 Å². The van der Waals surface area contributed by atoms with Gasteiger partial charge in [-0.1, -0.05) is 30.3 Å². The second-order valence-electron chi connectivity index (χ2n) is 3.47. The molecule has 0 spiro atoms. The zero-order chi connectivity index (χ0) is 10.1. The van der Waals surface area contributed by atoms with Crippen LogP contribution in [-0.2, 0) is 7.05 Å². The molecule has 0 unspecified atom stereocenters. The maximum Gasteiger partial charge on any atom is 0.236 e. The Morgan fingerprint density at radius 3 is 2.21 bits per heavy atom. The van der Waals surface area contributed by atoms with Crippen LogP contribution < -0.4 is 4.74 Å². The Labute approximate surface area is 83.8 Å². The highest BCUT2D eigenvalue weighted by atomic mass is 16.5. The fraction of sp³-hybridized carbons (Fsp3) is 0.250. The van der Waals surface area contributed by atoms with Crippen LogP contribution in [0, 0.1) is 13.8 Å². The van der Waals surface area contributed by atoms with Gasteiger partial charge in [-0.15, -0.1) is 0 Å². The first-order valence-corrected chi connectivity index (χ1v) is 4.72. The Kier molecular flexibility index (Phi) is 2.12. The van der Waals surface area contributed by atoms with Gasteiger partial charge in [0, 0.05) is 13.8 Å². The molecule has 0 aliphatic carbocycles. The number of aromatic nitrogens is 1. The topological polar surface area (TPSA) is 17.0 Å². The molecule has 0 fully saturated rings. The minimum atomic E-state index is 0.969. The van der Waals surface area contributed by atoms with Gasteiger partial charge < -0.3 is 0 Å². The standard InChI is InChI=1S/C12H14NO/c1-9-12(10(2)14-13(9)3)11-7-5-4-6-8-11/h4-8H,1-3H3/q+1. The first kappa shape index (κ1) is 9.00. The summed E-state index contributed by atoms with van der Waals surface area (Å²) in [5, 5.41) is 0. The second-order valence-corrected chi connectivity index (χ2v) is 3.47. The molecule has 14 heavy (non-hydrogen) atoms. The summed E-state index contributed by atoms with van der Waals surface area (Å²) in [7, 11) is 1.93. The van der Waals surface area contributed by atoms with E-state index in [-0.39, 0.29) is 0 Å². The smallest absolute Gasteiger partial charge is 0.236 e. The molecule has 0 radical (unpaired) electrons. The van der Waals surface area contributed by atoms with Crippen molar-refractivity contribution < 1.29 is 9.26 Å². The molecule has 0 saturated heterocycles. The van der Waals surface area contributed by atoms with Gasteiger partial charge in [0.1, 0.15) is 0 Å². The third-order valence-electron chi connectivity index (χ3n) is 2.52. The van der Waals surface area contributed by atoms with Crippen molar-refractivity contribution >= 4 is 0 Å². The van der Waals surface area contributed by atoms with Crippen molar-refractivity contribution in [2.75, 3.05) is 0 Å². The highest BCUT2D eigenvalue weighted by Gasteiger charge is 2.19. The lowest BCUT2D eigenvalue weighted by Crippen LogP contribution is -2.27. The highest BCUT2D eigenvalue weighted by molar-refractivity contribution is 5.66. The Morgan fingerprint density at radius 1 is 1.07 bits per heavy atom. The molecule has 1 aromatic heterocycles. The first-order chi connectivity index (χ1) is 6.70. The van der Waals surface area contributed by atoms with Gasteiger partial charge in [-0.05, 0) is 10.3 Å². The summed E-state index contributed by atoms with van der Waals surface area (Å²) in [5.41, 5.74) is 3.58. The third-order valence-corrected chi connectivity index (χ3v) is 2.52. The van der Waals surface area contributed by atoms with Gasteiger partial charge in [0.05, 0.1) is 5.56 Å². The molecule has 0 amide bonds. The van der Waals surface area contributed by atoms with E-state index in [0.717, 1.165) is 11.5 Å². The SMILES string of the molecule is Cc1o[n+](C)c(C)c1-c1ccccc1. The number of benzene rings is 1. The van der Waals surface area contributed by atoms with Crippen LogP contribution in [0.3, 0.4) is 0 Å². The maximum absolute atomic E-state index is 5.52. The van der Waals surface area contributed by atoms with Crippen LogP contribution in [0.4, 0.5) is 0 Å². The number of aryl methyl sites for hydroxylation is 2. The van der Waals surface area contributed by atoms with Crippen LogP contribution in [0.2, 0.25) is 0 Å². The average Bonchev–Trinajstić information content (AvgIpc) is 2.43. The molecule has 2 nitrogen and oxygen atoms in total. The Hall–Kier alpha value is -1.57. The Morgan fingerprint density at radius 2 is 1.71 bits per heavy atom. The Balaban J connectivity index is 2.62. The fourth-order valence-electron chi connectivity index (χ4n) is 1.75. The molecule has 2 rings (SSSR count). The summed E-state index contributed by atoms with van der Waals surface area (Å²) in [6.07, 6.45) is 0. The van der Waals surface area contributed by atoms with Crippen LogP contribution in [0.25, 0.3) is 11.1 Å². The van der Waals surface area contributed by atoms with E-state index in [2.05, 4.69) is 19.1 Å². The predicted molar refractivity (Wildman–Crippen MR) is 54.8 cm³/mol. The van der Waals surface area contributed by atoms with E-state index in [0.29, 0.717) is 0 Å². The molecule has 0 aliphatic heterocycles. The molecule has 0 bridgehead atoms. The highest BCUT2D eigenvalue weighted by Crippen LogP contribution is 2.24. The number of hydrogen-bond donors (Lipinski definition) is 0. The fourth-order valence-corrected chi connectivity index (χ4v) is 1.75. The van der Waals surface area contributed by atoms with Crippen molar-refractivity contribution in [3.63, 3.8) is 0 Å². The van der Waals surface area contributed by atoms with Gasteiger partial charge in [-0.2, -0.15) is 0 Å². The zero-order valence-electron chi connectivity index (χ0n) is 8.74. The van der Waals surface area contributed by atoms with Crippen molar-refractivity contribution in [1.29, 1.82) is 0 Å². The molecule has 72 valence electrons. The number of rotatable bonds is 1. The number of hydrogen-bond acceptors (Lipinski definition) is 1. The van der Waals surface area contributed by atoms with Gasteiger partial charge >= 0.3 is 0 Å². The largest absolute Gasteiger partial charge is 0.241 e. The van der Waals surface area contributed by atoms with Crippen LogP contribution >= 0.6 is 0 Å². The van der Waals surface area contributed by atoms with Crippen LogP contribution in [-0.4, -0.2) is 0 Å². The molecule has 2 aromatic rings. The quantitative estimate of drug-likeness (QED) is 0.628. The predicted octanol–water partition coefficient (Wildman–Crippen LogP) is 2.39. The molecular weight excluding hydrogens is 174 g/mol. The van der Waals surface area contributed by atoms with Crippen molar-refractivity contribution in [2.45, 2.75) is 13.8 Å². The van der Waals surface area contributed by atoms with E-state index in [1.54, 1.807) is 4.74 Å². The van der Waals surface area contributed by atoms with Crippen LogP contribution in [0.5, 0.6) is 0 Å². The summed E-state index contributed by atoms with van der Waals surface area (Å²) in [5.74, 6) is 0.969. The Bertz CT molecular complexity index is 443. The van der Waals surface area contributed by atoms with E-state index in [9.17, 15) is 0 Å². The van der Waals surface area contributed by atoms with Gasteiger partial charge in [-0.3, -0.25) is 0 Å². The van der Waals surface area contributed by atoms with E-state index < -0.39 is 0 Å². The molecule has 2 heteroatoms. The van der Waals surface area contributed by atoms with Crippen LogP contribution in [0.1, 0.15) is 11.5 Å². The summed E-state index contributed by atoms with van der Waals surface area (Å²) < 4.78 is 7.32. The molecule has 1 aromatic carbocycles. The lowest BCUT2D eigenvalue weighted by molar-refractivity contribution is -0.850. The summed E-state index contributed by atoms with van der Waals surface area (Å²) >= 11 is 0. The summed E-state index contributed by atoms with van der Waals surface area (Å²) in [6.45, 7) is 4.06. The second kappa shape index (κ2) is 3.29. The lowest BCUT2D eigenvalue weighted by Gasteiger charge is -1.95. The molecular formula is C12H14NO+. The van der Waals surface area contributed by atoms with Crippen LogP contribution in [0.15, 0.2) is 34.9 Å². The molecule has 1 heterocycles. The van der Waals surface area contributed by atoms with E-state index >= 15 is 0 Å². The minimum absolute atomic E-state index is 0.969. The molecule has 0 atom stereocenters. The monoisotopic (exact) mass is 188 g/mol. The van der Waals surface area contributed by atoms with Crippen molar-refractivity contribution in [1.82, 2.24) is 0 Å². The van der Waals surface area contributed by atoms with Gasteiger partial charge in [0.25, 0.3) is 0 Å². The minimum Gasteiger partial charge on any atom is -0.241 e. The van der Waals surface area contributed by atoms with Crippen molar-refractivity contribution in [3.8, 4) is 11.1 Å². The van der Waals surface area contributed by atoms with E-state index in [4.69, 9.17) is 4.52 Å².